The first-order chi connectivity index (χ1) is 12.0. The lowest BCUT2D eigenvalue weighted by molar-refractivity contribution is -0.134. The van der Waals surface area contributed by atoms with E-state index in [1.54, 1.807) is 19.1 Å². The smallest absolute Gasteiger partial charge is 0.339 e. The van der Waals surface area contributed by atoms with Crippen molar-refractivity contribution in [1.82, 2.24) is 0 Å². The molecule has 0 saturated heterocycles. The average molecular weight is 337 g/mol. The predicted molar refractivity (Wildman–Crippen MR) is 97.8 cm³/mol. The fourth-order valence-corrected chi connectivity index (χ4v) is 3.31. The lowest BCUT2D eigenvalue weighted by Gasteiger charge is -2.33. The van der Waals surface area contributed by atoms with Gasteiger partial charge < -0.3 is 10.1 Å². The number of nitrogens with one attached hydrogen (secondary N) is 1. The summed E-state index contributed by atoms with van der Waals surface area (Å²) >= 11 is 0. The van der Waals surface area contributed by atoms with E-state index in [-0.39, 0.29) is 5.91 Å². The van der Waals surface area contributed by atoms with Crippen LogP contribution in [0.1, 0.15) is 47.8 Å². The van der Waals surface area contributed by atoms with Gasteiger partial charge in [-0.1, -0.05) is 50.2 Å². The van der Waals surface area contributed by atoms with Crippen molar-refractivity contribution in [3.63, 3.8) is 0 Å². The van der Waals surface area contributed by atoms with Gasteiger partial charge in [-0.25, -0.2) is 4.79 Å². The van der Waals surface area contributed by atoms with E-state index < -0.39 is 11.6 Å². The van der Waals surface area contributed by atoms with Gasteiger partial charge in [0.2, 0.25) is 0 Å². The minimum atomic E-state index is -1.21. The maximum atomic E-state index is 13.0. The van der Waals surface area contributed by atoms with Crippen LogP contribution < -0.4 is 5.32 Å². The number of hydrogen-bond donors (Lipinski definition) is 1. The summed E-state index contributed by atoms with van der Waals surface area (Å²) in [4.78, 5) is 25.3. The second-order valence-corrected chi connectivity index (χ2v) is 6.57. The zero-order valence-electron chi connectivity index (χ0n) is 14.9. The zero-order valence-corrected chi connectivity index (χ0v) is 14.9. The molecule has 25 heavy (non-hydrogen) atoms. The maximum absolute atomic E-state index is 13.0. The Labute approximate surface area is 148 Å². The first-order valence-corrected chi connectivity index (χ1v) is 8.72. The summed E-state index contributed by atoms with van der Waals surface area (Å²) in [5.41, 5.74) is 3.18. The number of rotatable bonds is 4. The lowest BCUT2D eigenvalue weighted by Crippen LogP contribution is -2.49. The number of carbonyl (C=O) groups excluding carboxylic acids is 2. The van der Waals surface area contributed by atoms with Gasteiger partial charge in [-0.3, -0.25) is 4.79 Å². The fourth-order valence-electron chi connectivity index (χ4n) is 3.31. The molecule has 0 fully saturated rings. The van der Waals surface area contributed by atoms with E-state index in [4.69, 9.17) is 4.74 Å². The molecule has 2 aromatic rings. The quantitative estimate of drug-likeness (QED) is 0.860. The first-order valence-electron chi connectivity index (χ1n) is 8.72. The molecule has 0 unspecified atom stereocenters. The van der Waals surface area contributed by atoms with Crippen LogP contribution in [0.15, 0.2) is 42.5 Å². The molecule has 0 bridgehead atoms. The van der Waals surface area contributed by atoms with Crippen LogP contribution in [0.5, 0.6) is 0 Å². The average Bonchev–Trinajstić information content (AvgIpc) is 2.61. The predicted octanol–water partition coefficient (Wildman–Crippen LogP) is 3.92. The molecule has 4 nitrogen and oxygen atoms in total. The number of ether oxygens (including phenoxy) is 1. The van der Waals surface area contributed by atoms with Gasteiger partial charge in [0.25, 0.3) is 5.91 Å². The van der Waals surface area contributed by atoms with Gasteiger partial charge in [-0.05, 0) is 42.5 Å². The highest BCUT2D eigenvalue weighted by molar-refractivity contribution is 6.03. The number of amides is 1. The summed E-state index contributed by atoms with van der Waals surface area (Å²) in [6.45, 7) is 5.79. The highest BCUT2D eigenvalue weighted by Gasteiger charge is 2.42. The Morgan fingerprint density at radius 1 is 1.08 bits per heavy atom. The molecule has 3 rings (SSSR count). The van der Waals surface area contributed by atoms with Gasteiger partial charge in [0.05, 0.1) is 5.56 Å². The van der Waals surface area contributed by atoms with Gasteiger partial charge in [-0.2, -0.15) is 0 Å². The third-order valence-electron chi connectivity index (χ3n) is 4.80. The minimum Gasteiger partial charge on any atom is -0.445 e. The molecule has 0 aromatic heterocycles. The molecule has 1 N–H and O–H groups in total. The summed E-state index contributed by atoms with van der Waals surface area (Å²) < 4.78 is 5.53. The van der Waals surface area contributed by atoms with Crippen LogP contribution in [-0.2, 0) is 28.8 Å². The summed E-state index contributed by atoms with van der Waals surface area (Å²) in [5.74, 6) is -0.732. The standard InChI is InChI=1S/C21H23NO3/c1-4-14-10-8-11-15(5-2)18(14)22-20(24)21(3)13-16-9-6-7-12-17(16)19(23)25-21/h6-12H,4-5,13H2,1-3H3,(H,22,24)/t21-/m0/s1. The van der Waals surface area contributed by atoms with Crippen molar-refractivity contribution < 1.29 is 14.3 Å². The first kappa shape index (κ1) is 17.2. The van der Waals surface area contributed by atoms with E-state index in [9.17, 15) is 9.59 Å². The number of aryl methyl sites for hydroxylation is 2. The van der Waals surface area contributed by atoms with Gasteiger partial charge in [-0.15, -0.1) is 0 Å². The lowest BCUT2D eigenvalue weighted by atomic mass is 9.89. The number of esters is 1. The van der Waals surface area contributed by atoms with Crippen LogP contribution in [0, 0.1) is 0 Å². The van der Waals surface area contributed by atoms with Crippen molar-refractivity contribution in [1.29, 1.82) is 0 Å². The molecule has 2 aromatic carbocycles. The van der Waals surface area contributed by atoms with Crippen molar-refractivity contribution in [2.24, 2.45) is 0 Å². The van der Waals surface area contributed by atoms with E-state index in [1.807, 2.05) is 30.3 Å². The largest absolute Gasteiger partial charge is 0.445 e. The molecule has 1 atom stereocenters. The fraction of sp³-hybridized carbons (Fsp3) is 0.333. The number of para-hydroxylation sites is 1. The third kappa shape index (κ3) is 3.16. The van der Waals surface area contributed by atoms with Crippen molar-refractivity contribution in [2.75, 3.05) is 5.32 Å². The van der Waals surface area contributed by atoms with Crippen molar-refractivity contribution in [3.05, 3.63) is 64.7 Å². The molecule has 1 aliphatic heterocycles. The van der Waals surface area contributed by atoms with E-state index in [0.29, 0.717) is 12.0 Å². The second kappa shape index (κ2) is 6.71. The SMILES string of the molecule is CCc1cccc(CC)c1NC(=O)[C@]1(C)Cc2ccccc2C(=O)O1. The van der Waals surface area contributed by atoms with Gasteiger partial charge in [0.1, 0.15) is 0 Å². The Morgan fingerprint density at radius 3 is 2.36 bits per heavy atom. The molecule has 4 heteroatoms. The van der Waals surface area contributed by atoms with E-state index in [1.165, 1.54) is 0 Å². The Balaban J connectivity index is 1.91. The van der Waals surface area contributed by atoms with Gasteiger partial charge >= 0.3 is 5.97 Å². The highest BCUT2D eigenvalue weighted by Crippen LogP contribution is 2.31. The van der Waals surface area contributed by atoms with Gasteiger partial charge in [0.15, 0.2) is 5.60 Å². The maximum Gasteiger partial charge on any atom is 0.339 e. The van der Waals surface area contributed by atoms with Crippen LogP contribution in [-0.4, -0.2) is 17.5 Å². The van der Waals surface area contributed by atoms with E-state index in [2.05, 4.69) is 19.2 Å². The van der Waals surface area contributed by atoms with Crippen LogP contribution >= 0.6 is 0 Å². The second-order valence-electron chi connectivity index (χ2n) is 6.57. The molecule has 1 aliphatic rings. The molecule has 0 aliphatic carbocycles. The number of hydrogen-bond acceptors (Lipinski definition) is 3. The number of benzene rings is 2. The third-order valence-corrected chi connectivity index (χ3v) is 4.80. The van der Waals surface area contributed by atoms with Crippen LogP contribution in [0.25, 0.3) is 0 Å². The van der Waals surface area contributed by atoms with Crippen molar-refractivity contribution >= 4 is 17.6 Å². The highest BCUT2D eigenvalue weighted by atomic mass is 16.6. The summed E-state index contributed by atoms with van der Waals surface area (Å²) in [6, 6.07) is 13.3. The Morgan fingerprint density at radius 2 is 1.72 bits per heavy atom. The molecule has 0 spiro atoms. The van der Waals surface area contributed by atoms with Crippen molar-refractivity contribution in [3.8, 4) is 0 Å². The van der Waals surface area contributed by atoms with E-state index >= 15 is 0 Å². The van der Waals surface area contributed by atoms with Crippen LogP contribution in [0.3, 0.4) is 0 Å². The normalized spacial score (nSPS) is 19.1. The molecular weight excluding hydrogens is 314 g/mol. The molecule has 130 valence electrons. The summed E-state index contributed by atoms with van der Waals surface area (Å²) in [7, 11) is 0. The molecule has 0 saturated carbocycles. The molecular formula is C21H23NO3. The summed E-state index contributed by atoms with van der Waals surface area (Å²) in [5, 5.41) is 3.03. The number of anilines is 1. The number of carbonyl (C=O) groups is 2. The number of cyclic esters (lactones) is 1. The number of fused-ring (bicyclic) bond motifs is 1. The Kier molecular flexibility index (Phi) is 4.62. The van der Waals surface area contributed by atoms with E-state index in [0.717, 1.165) is 35.2 Å². The monoisotopic (exact) mass is 337 g/mol. The van der Waals surface area contributed by atoms with Crippen LogP contribution in [0.2, 0.25) is 0 Å². The van der Waals surface area contributed by atoms with Gasteiger partial charge in [0, 0.05) is 12.1 Å². The summed E-state index contributed by atoms with van der Waals surface area (Å²) in [6.07, 6.45) is 2.02. The minimum absolute atomic E-state index is 0.286. The Hall–Kier alpha value is -2.62. The molecule has 0 radical (unpaired) electrons. The molecule has 1 heterocycles. The molecule has 1 amide bonds. The topological polar surface area (TPSA) is 55.4 Å². The van der Waals surface area contributed by atoms with Crippen LogP contribution in [0.4, 0.5) is 5.69 Å². The van der Waals surface area contributed by atoms with Crippen molar-refractivity contribution in [2.45, 2.75) is 45.6 Å². The zero-order chi connectivity index (χ0) is 18.0. The Bertz CT molecular complexity index is 805.